The predicted octanol–water partition coefficient (Wildman–Crippen LogP) is 4.30. The molecule has 8 nitrogen and oxygen atoms in total. The van der Waals surface area contributed by atoms with Gasteiger partial charge in [-0.15, -0.1) is 5.10 Å². The molecule has 0 unspecified atom stereocenters. The van der Waals surface area contributed by atoms with Crippen LogP contribution in [0.3, 0.4) is 0 Å². The number of halogens is 3. The topological polar surface area (TPSA) is 88.7 Å². The molecule has 11 heteroatoms. The Kier molecular flexibility index (Phi) is 4.49. The van der Waals surface area contributed by atoms with Gasteiger partial charge in [-0.1, -0.05) is 18.9 Å². The lowest BCUT2D eigenvalue weighted by atomic mass is 9.92. The first-order valence-electron chi connectivity index (χ1n) is 10.00. The Hall–Kier alpha value is -3.37. The zero-order valence-corrected chi connectivity index (χ0v) is 16.9. The minimum Gasteiger partial charge on any atom is -0.399 e. The molecule has 0 saturated carbocycles. The van der Waals surface area contributed by atoms with Gasteiger partial charge in [0.05, 0.1) is 24.1 Å². The number of fused-ring (bicyclic) bond motifs is 3. The van der Waals surface area contributed by atoms with Crippen LogP contribution in [0.4, 0.5) is 19.2 Å². The summed E-state index contributed by atoms with van der Waals surface area (Å²) >= 11 is 0. The molecule has 0 amide bonds. The van der Waals surface area contributed by atoms with Gasteiger partial charge in [0, 0.05) is 23.1 Å². The molecule has 3 aromatic heterocycles. The van der Waals surface area contributed by atoms with E-state index in [4.69, 9.17) is 4.42 Å². The second kappa shape index (κ2) is 7.10. The third-order valence-electron chi connectivity index (χ3n) is 5.48. The van der Waals surface area contributed by atoms with E-state index < -0.39 is 12.1 Å². The Morgan fingerprint density at radius 3 is 2.65 bits per heavy atom. The summed E-state index contributed by atoms with van der Waals surface area (Å²) in [7, 11) is 0. The van der Waals surface area contributed by atoms with Crippen LogP contribution in [0.5, 0.6) is 0 Å². The number of anilines is 1. The number of benzene rings is 1. The van der Waals surface area contributed by atoms with Crippen molar-refractivity contribution in [3.05, 3.63) is 47.7 Å². The van der Waals surface area contributed by atoms with E-state index in [2.05, 4.69) is 39.2 Å². The third-order valence-corrected chi connectivity index (χ3v) is 5.48. The summed E-state index contributed by atoms with van der Waals surface area (Å²) in [6.45, 7) is 4.62. The maximum Gasteiger partial charge on any atom is 0.470 e. The Bertz CT molecular complexity index is 1210. The van der Waals surface area contributed by atoms with E-state index in [1.54, 1.807) is 22.1 Å². The second-order valence-electron chi connectivity index (χ2n) is 8.04. The summed E-state index contributed by atoms with van der Waals surface area (Å²) in [4.78, 5) is 6.80. The number of aromatic amines is 1. The fraction of sp³-hybridized carbons (Fsp3) is 0.400. The Morgan fingerprint density at radius 2 is 1.97 bits per heavy atom. The van der Waals surface area contributed by atoms with Gasteiger partial charge in [-0.25, -0.2) is 0 Å². The van der Waals surface area contributed by atoms with Crippen LogP contribution in [-0.2, 0) is 12.6 Å². The van der Waals surface area contributed by atoms with E-state index >= 15 is 0 Å². The monoisotopic (exact) mass is 431 g/mol. The van der Waals surface area contributed by atoms with Crippen LogP contribution < -0.4 is 4.90 Å². The molecule has 0 aliphatic carbocycles. The molecule has 4 heterocycles. The SMILES string of the molecule is CC(C)C[C@H]1c2[nH]c3ccc(-n4nccn4)cc3c2CCN1c1nnc(C(F)(F)F)o1. The standard InChI is InChI=1S/C20H20F3N7O/c1-11(2)9-16-17-13(5-8-29(16)19-28-27-18(31-19)20(21,22)23)14-10-12(3-4-15(14)26-17)30-24-6-7-25-30/h3-4,6-7,10-11,16,26H,5,8-9H2,1-2H3/t16-/m0/s1. The van der Waals surface area contributed by atoms with Gasteiger partial charge in [-0.2, -0.15) is 28.2 Å². The summed E-state index contributed by atoms with van der Waals surface area (Å²) in [6, 6.07) is 5.61. The second-order valence-corrected chi connectivity index (χ2v) is 8.04. The molecular formula is C20H20F3N7O. The van der Waals surface area contributed by atoms with Crippen molar-refractivity contribution in [1.82, 2.24) is 30.2 Å². The molecule has 162 valence electrons. The van der Waals surface area contributed by atoms with Crippen molar-refractivity contribution >= 4 is 16.9 Å². The predicted molar refractivity (Wildman–Crippen MR) is 106 cm³/mol. The molecular weight excluding hydrogens is 411 g/mol. The van der Waals surface area contributed by atoms with Gasteiger partial charge in [0.1, 0.15) is 0 Å². The number of hydrogen-bond acceptors (Lipinski definition) is 6. The van der Waals surface area contributed by atoms with Crippen LogP contribution in [0.25, 0.3) is 16.6 Å². The maximum atomic E-state index is 13.0. The van der Waals surface area contributed by atoms with Crippen molar-refractivity contribution in [2.24, 2.45) is 5.92 Å². The number of H-pyrrole nitrogens is 1. The Morgan fingerprint density at radius 1 is 1.19 bits per heavy atom. The molecule has 0 saturated heterocycles. The molecule has 1 atom stereocenters. The lowest BCUT2D eigenvalue weighted by Gasteiger charge is -2.35. The van der Waals surface area contributed by atoms with Crippen LogP contribution in [-0.4, -0.2) is 36.7 Å². The van der Waals surface area contributed by atoms with E-state index in [-0.39, 0.29) is 12.1 Å². The molecule has 1 aliphatic rings. The van der Waals surface area contributed by atoms with Crippen LogP contribution >= 0.6 is 0 Å². The minimum absolute atomic E-state index is 0.108. The van der Waals surface area contributed by atoms with Crippen molar-refractivity contribution in [1.29, 1.82) is 0 Å². The average Bonchev–Trinajstić information content (AvgIpc) is 3.46. The van der Waals surface area contributed by atoms with Crippen molar-refractivity contribution in [3.8, 4) is 5.69 Å². The average molecular weight is 431 g/mol. The van der Waals surface area contributed by atoms with Crippen LogP contribution in [0.2, 0.25) is 0 Å². The highest BCUT2D eigenvalue weighted by atomic mass is 19.4. The van der Waals surface area contributed by atoms with Crippen molar-refractivity contribution < 1.29 is 17.6 Å². The van der Waals surface area contributed by atoms with Crippen LogP contribution in [0.1, 0.15) is 43.5 Å². The molecule has 31 heavy (non-hydrogen) atoms. The molecule has 1 N–H and O–H groups in total. The maximum absolute atomic E-state index is 13.0. The molecule has 5 rings (SSSR count). The van der Waals surface area contributed by atoms with E-state index in [1.165, 1.54) is 0 Å². The number of nitrogens with one attached hydrogen (secondary N) is 1. The summed E-state index contributed by atoms with van der Waals surface area (Å²) in [6.07, 6.45) is -0.0849. The summed E-state index contributed by atoms with van der Waals surface area (Å²) in [5.41, 5.74) is 3.90. The quantitative estimate of drug-likeness (QED) is 0.518. The number of alkyl halides is 3. The molecule has 1 aliphatic heterocycles. The normalized spacial score (nSPS) is 17.0. The first-order valence-corrected chi connectivity index (χ1v) is 10.00. The zero-order valence-electron chi connectivity index (χ0n) is 16.9. The zero-order chi connectivity index (χ0) is 21.8. The largest absolute Gasteiger partial charge is 0.470 e. The van der Waals surface area contributed by atoms with Gasteiger partial charge in [0.25, 0.3) is 0 Å². The first-order chi connectivity index (χ1) is 14.8. The summed E-state index contributed by atoms with van der Waals surface area (Å²) in [5, 5.41) is 16.3. The van der Waals surface area contributed by atoms with Crippen molar-refractivity contribution in [2.75, 3.05) is 11.4 Å². The molecule has 0 spiro atoms. The van der Waals surface area contributed by atoms with Crippen LogP contribution in [0.15, 0.2) is 35.0 Å². The molecule has 0 fully saturated rings. The number of nitrogens with zero attached hydrogens (tertiary/aromatic N) is 6. The fourth-order valence-electron chi connectivity index (χ4n) is 4.19. The number of hydrogen-bond donors (Lipinski definition) is 1. The molecule has 4 aromatic rings. The van der Waals surface area contributed by atoms with Crippen molar-refractivity contribution in [2.45, 2.75) is 38.9 Å². The van der Waals surface area contributed by atoms with Crippen LogP contribution in [0, 0.1) is 5.92 Å². The fourth-order valence-corrected chi connectivity index (χ4v) is 4.19. The van der Waals surface area contributed by atoms with Gasteiger partial charge < -0.3 is 14.3 Å². The van der Waals surface area contributed by atoms with Crippen molar-refractivity contribution in [3.63, 3.8) is 0 Å². The Balaban J connectivity index is 1.57. The van der Waals surface area contributed by atoms with Gasteiger partial charge in [-0.3, -0.25) is 0 Å². The lowest BCUT2D eigenvalue weighted by molar-refractivity contribution is -0.157. The van der Waals surface area contributed by atoms with Gasteiger partial charge in [0.15, 0.2) is 0 Å². The molecule has 1 aromatic carbocycles. The number of rotatable bonds is 4. The molecule has 0 bridgehead atoms. The highest BCUT2D eigenvalue weighted by molar-refractivity contribution is 5.87. The highest BCUT2D eigenvalue weighted by Gasteiger charge is 2.40. The smallest absolute Gasteiger partial charge is 0.399 e. The Labute approximate surface area is 175 Å². The minimum atomic E-state index is -4.67. The van der Waals surface area contributed by atoms with E-state index in [0.717, 1.165) is 34.3 Å². The van der Waals surface area contributed by atoms with E-state index in [0.29, 0.717) is 18.9 Å². The lowest BCUT2D eigenvalue weighted by Crippen LogP contribution is -2.36. The number of aromatic nitrogens is 6. The van der Waals surface area contributed by atoms with Gasteiger partial charge in [-0.05, 0) is 42.5 Å². The van der Waals surface area contributed by atoms with Gasteiger partial charge >= 0.3 is 18.1 Å². The highest BCUT2D eigenvalue weighted by Crippen LogP contribution is 2.41. The van der Waals surface area contributed by atoms with E-state index in [9.17, 15) is 13.2 Å². The summed E-state index contributed by atoms with van der Waals surface area (Å²) in [5.74, 6) is -1.02. The summed E-state index contributed by atoms with van der Waals surface area (Å²) < 4.78 is 43.9. The first kappa shape index (κ1) is 19.6. The third kappa shape index (κ3) is 3.43. The van der Waals surface area contributed by atoms with E-state index in [1.807, 2.05) is 18.2 Å². The van der Waals surface area contributed by atoms with Gasteiger partial charge in [0.2, 0.25) is 0 Å². The molecule has 0 radical (unpaired) electrons.